The van der Waals surface area contributed by atoms with Crippen LogP contribution in [0.3, 0.4) is 0 Å². The van der Waals surface area contributed by atoms with E-state index in [4.69, 9.17) is 4.74 Å². The van der Waals surface area contributed by atoms with Crippen molar-refractivity contribution in [3.63, 3.8) is 0 Å². The SMILES string of the molecule is CC(C)(C)OC(=O)NCCC=Cc1cncc(C(F)(F)F)c1. The predicted octanol–water partition coefficient (Wildman–Crippen LogP) is 4.03. The Morgan fingerprint density at radius 3 is 2.59 bits per heavy atom. The van der Waals surface area contributed by atoms with Crippen LogP contribution in [-0.2, 0) is 10.9 Å². The minimum atomic E-state index is -4.41. The normalized spacial score (nSPS) is 12.5. The quantitative estimate of drug-likeness (QED) is 0.853. The number of hydrogen-bond acceptors (Lipinski definition) is 3. The maximum absolute atomic E-state index is 12.5. The fourth-order valence-electron chi connectivity index (χ4n) is 1.50. The van der Waals surface area contributed by atoms with Gasteiger partial charge in [0.2, 0.25) is 0 Å². The zero-order valence-corrected chi connectivity index (χ0v) is 12.7. The van der Waals surface area contributed by atoms with Crippen molar-refractivity contribution in [2.75, 3.05) is 6.54 Å². The standard InChI is InChI=1S/C15H19F3N2O2/c1-14(2,3)22-13(21)20-7-5-4-6-11-8-12(10-19-9-11)15(16,17)18/h4,6,8-10H,5,7H2,1-3H3,(H,20,21). The van der Waals surface area contributed by atoms with Crippen LogP contribution in [0.5, 0.6) is 0 Å². The van der Waals surface area contributed by atoms with Crippen LogP contribution in [0.1, 0.15) is 38.3 Å². The third-order valence-electron chi connectivity index (χ3n) is 2.38. The first-order chi connectivity index (χ1) is 10.1. The molecule has 22 heavy (non-hydrogen) atoms. The van der Waals surface area contributed by atoms with Crippen LogP contribution in [-0.4, -0.2) is 23.2 Å². The summed E-state index contributed by atoms with van der Waals surface area (Å²) in [6, 6.07) is 1.02. The molecule has 0 atom stereocenters. The fraction of sp³-hybridized carbons (Fsp3) is 0.467. The van der Waals surface area contributed by atoms with Crippen LogP contribution in [0.2, 0.25) is 0 Å². The first kappa shape index (κ1) is 18.0. The number of alkyl halides is 3. The first-order valence-electron chi connectivity index (χ1n) is 6.73. The van der Waals surface area contributed by atoms with Crippen molar-refractivity contribution in [1.29, 1.82) is 0 Å². The Morgan fingerprint density at radius 1 is 1.32 bits per heavy atom. The molecule has 0 fully saturated rings. The first-order valence-corrected chi connectivity index (χ1v) is 6.73. The van der Waals surface area contributed by atoms with Crippen molar-refractivity contribution in [3.05, 3.63) is 35.7 Å². The summed E-state index contributed by atoms with van der Waals surface area (Å²) in [6.07, 6.45) is 0.841. The molecule has 122 valence electrons. The van der Waals surface area contributed by atoms with Gasteiger partial charge in [-0.1, -0.05) is 12.2 Å². The molecule has 0 aliphatic rings. The van der Waals surface area contributed by atoms with Gasteiger partial charge in [0.1, 0.15) is 5.60 Å². The number of hydrogen-bond donors (Lipinski definition) is 1. The second-order valence-electron chi connectivity index (χ2n) is 5.62. The van der Waals surface area contributed by atoms with Gasteiger partial charge >= 0.3 is 12.3 Å². The van der Waals surface area contributed by atoms with Gasteiger partial charge < -0.3 is 10.1 Å². The third-order valence-corrected chi connectivity index (χ3v) is 2.38. The van der Waals surface area contributed by atoms with Crippen LogP contribution < -0.4 is 5.32 Å². The number of alkyl carbamates (subject to hydrolysis) is 1. The number of ether oxygens (including phenoxy) is 1. The Kier molecular flexibility index (Phi) is 5.96. The number of halogens is 3. The van der Waals surface area contributed by atoms with Gasteiger partial charge in [-0.3, -0.25) is 4.98 Å². The molecule has 1 heterocycles. The van der Waals surface area contributed by atoms with E-state index in [0.717, 1.165) is 12.3 Å². The largest absolute Gasteiger partial charge is 0.444 e. The van der Waals surface area contributed by atoms with Crippen LogP contribution in [0.15, 0.2) is 24.5 Å². The molecule has 1 rings (SSSR count). The highest BCUT2D eigenvalue weighted by Gasteiger charge is 2.30. The molecule has 0 radical (unpaired) electrons. The Morgan fingerprint density at radius 2 is 2.00 bits per heavy atom. The number of rotatable bonds is 4. The summed E-state index contributed by atoms with van der Waals surface area (Å²) in [5.74, 6) is 0. The molecule has 0 bridgehead atoms. The van der Waals surface area contributed by atoms with Gasteiger partial charge in [-0.25, -0.2) is 4.79 Å². The maximum Gasteiger partial charge on any atom is 0.417 e. The van der Waals surface area contributed by atoms with Crippen LogP contribution in [0, 0.1) is 0 Å². The Bertz CT molecular complexity index is 534. The van der Waals surface area contributed by atoms with E-state index in [1.807, 2.05) is 0 Å². The molecule has 0 unspecified atom stereocenters. The topological polar surface area (TPSA) is 51.2 Å². The molecular formula is C15H19F3N2O2. The molecule has 0 aliphatic heterocycles. The highest BCUT2D eigenvalue weighted by Crippen LogP contribution is 2.29. The van der Waals surface area contributed by atoms with Crippen molar-refractivity contribution in [2.24, 2.45) is 0 Å². The monoisotopic (exact) mass is 316 g/mol. The van der Waals surface area contributed by atoms with Gasteiger partial charge in [0.25, 0.3) is 0 Å². The van der Waals surface area contributed by atoms with E-state index < -0.39 is 23.4 Å². The number of aromatic nitrogens is 1. The van der Waals surface area contributed by atoms with E-state index in [1.54, 1.807) is 26.8 Å². The van der Waals surface area contributed by atoms with E-state index in [0.29, 0.717) is 18.5 Å². The molecule has 1 aromatic rings. The van der Waals surface area contributed by atoms with Crippen molar-refractivity contribution >= 4 is 12.2 Å². The van der Waals surface area contributed by atoms with Crippen LogP contribution >= 0.6 is 0 Å². The molecule has 0 spiro atoms. The summed E-state index contributed by atoms with van der Waals surface area (Å²) < 4.78 is 42.6. The lowest BCUT2D eigenvalue weighted by Gasteiger charge is -2.19. The molecule has 1 aromatic heterocycles. The minimum absolute atomic E-state index is 0.331. The average molecular weight is 316 g/mol. The molecule has 0 saturated carbocycles. The van der Waals surface area contributed by atoms with Crippen LogP contribution in [0.4, 0.5) is 18.0 Å². The summed E-state index contributed by atoms with van der Waals surface area (Å²) in [7, 11) is 0. The average Bonchev–Trinajstić information content (AvgIpc) is 2.35. The Labute approximate surface area is 127 Å². The number of pyridine rings is 1. The van der Waals surface area contributed by atoms with Gasteiger partial charge in [0.05, 0.1) is 5.56 Å². The third kappa shape index (κ3) is 7.10. The lowest BCUT2D eigenvalue weighted by Crippen LogP contribution is -2.32. The van der Waals surface area contributed by atoms with E-state index in [1.165, 1.54) is 12.3 Å². The molecule has 0 aliphatic carbocycles. The number of carbonyl (C=O) groups excluding carboxylic acids is 1. The van der Waals surface area contributed by atoms with Crippen molar-refractivity contribution in [2.45, 2.75) is 39.0 Å². The molecule has 7 heteroatoms. The van der Waals surface area contributed by atoms with Gasteiger partial charge in [-0.2, -0.15) is 13.2 Å². The van der Waals surface area contributed by atoms with Gasteiger partial charge in [0, 0.05) is 18.9 Å². The smallest absolute Gasteiger partial charge is 0.417 e. The molecule has 0 aromatic carbocycles. The maximum atomic E-state index is 12.5. The Balaban J connectivity index is 2.42. The van der Waals surface area contributed by atoms with Gasteiger partial charge in [0.15, 0.2) is 0 Å². The molecule has 4 nitrogen and oxygen atoms in total. The van der Waals surface area contributed by atoms with E-state index in [9.17, 15) is 18.0 Å². The van der Waals surface area contributed by atoms with Crippen molar-refractivity contribution in [3.8, 4) is 0 Å². The second kappa shape index (κ2) is 7.29. The van der Waals surface area contributed by atoms with E-state index >= 15 is 0 Å². The van der Waals surface area contributed by atoms with E-state index in [2.05, 4.69) is 10.3 Å². The molecule has 1 N–H and O–H groups in total. The predicted molar refractivity (Wildman–Crippen MR) is 77.1 cm³/mol. The van der Waals surface area contributed by atoms with E-state index in [-0.39, 0.29) is 0 Å². The minimum Gasteiger partial charge on any atom is -0.444 e. The van der Waals surface area contributed by atoms with Gasteiger partial charge in [-0.15, -0.1) is 0 Å². The second-order valence-corrected chi connectivity index (χ2v) is 5.62. The highest BCUT2D eigenvalue weighted by atomic mass is 19.4. The zero-order chi connectivity index (χ0) is 16.8. The Hall–Kier alpha value is -2.05. The molecule has 0 saturated heterocycles. The number of carbonyl (C=O) groups is 1. The highest BCUT2D eigenvalue weighted by molar-refractivity contribution is 5.67. The van der Waals surface area contributed by atoms with Crippen molar-refractivity contribution < 1.29 is 22.7 Å². The lowest BCUT2D eigenvalue weighted by atomic mass is 10.2. The molecular weight excluding hydrogens is 297 g/mol. The summed E-state index contributed by atoms with van der Waals surface area (Å²) in [4.78, 5) is 14.9. The van der Waals surface area contributed by atoms with Gasteiger partial charge in [-0.05, 0) is 38.8 Å². The summed E-state index contributed by atoms with van der Waals surface area (Å²) in [5.41, 5.74) is -1.00. The summed E-state index contributed by atoms with van der Waals surface area (Å²) in [6.45, 7) is 5.60. The number of nitrogens with one attached hydrogen (secondary N) is 1. The zero-order valence-electron chi connectivity index (χ0n) is 12.7. The number of nitrogens with zero attached hydrogens (tertiary/aromatic N) is 1. The van der Waals surface area contributed by atoms with Crippen LogP contribution in [0.25, 0.3) is 6.08 Å². The molecule has 1 amide bonds. The summed E-state index contributed by atoms with van der Waals surface area (Å²) >= 11 is 0. The summed E-state index contributed by atoms with van der Waals surface area (Å²) in [5, 5.41) is 2.55. The lowest BCUT2D eigenvalue weighted by molar-refractivity contribution is -0.137. The van der Waals surface area contributed by atoms with Crippen molar-refractivity contribution in [1.82, 2.24) is 10.3 Å². The number of amides is 1. The fourth-order valence-corrected chi connectivity index (χ4v) is 1.50.